The number of hydrogen-bond acceptors (Lipinski definition) is 4. The average Bonchev–Trinajstić information content (AvgIpc) is 3.20. The van der Waals surface area contributed by atoms with Gasteiger partial charge in [0.2, 0.25) is 5.91 Å². The number of nitrogens with one attached hydrogen (secondary N) is 2. The molecule has 1 aromatic carbocycles. The molecule has 1 fully saturated rings. The molecule has 3 rings (SSSR count). The maximum Gasteiger partial charge on any atom is 0.324 e. The standard InChI is InChI=1S/C18H21N3O2S/c1-13-7-10-24-17(13)15(11-14-5-3-2-4-6-14)20-12-16(22)21-9-8-19-18(21)23/h2-7,10,15,20H,8-9,11-12H2,1H3,(H,19,23)/t15-/m1/s1. The van der Waals surface area contributed by atoms with Crippen LogP contribution < -0.4 is 10.6 Å². The summed E-state index contributed by atoms with van der Waals surface area (Å²) in [6, 6.07) is 12.1. The molecule has 0 unspecified atom stereocenters. The average molecular weight is 343 g/mol. The Morgan fingerprint density at radius 1 is 1.33 bits per heavy atom. The molecule has 0 saturated carbocycles. The van der Waals surface area contributed by atoms with Crippen LogP contribution in [-0.4, -0.2) is 36.5 Å². The second-order valence-corrected chi connectivity index (χ2v) is 6.82. The van der Waals surface area contributed by atoms with Crippen LogP contribution in [-0.2, 0) is 11.2 Å². The van der Waals surface area contributed by atoms with Crippen LogP contribution in [0.2, 0.25) is 0 Å². The number of carbonyl (C=O) groups excluding carboxylic acids is 2. The Bertz CT molecular complexity index is 714. The van der Waals surface area contributed by atoms with Crippen LogP contribution in [0, 0.1) is 6.92 Å². The van der Waals surface area contributed by atoms with Gasteiger partial charge in [0.1, 0.15) is 0 Å². The second-order valence-electron chi connectivity index (χ2n) is 5.87. The summed E-state index contributed by atoms with van der Waals surface area (Å²) in [5, 5.41) is 8.07. The van der Waals surface area contributed by atoms with Crippen molar-refractivity contribution in [2.75, 3.05) is 19.6 Å². The summed E-state index contributed by atoms with van der Waals surface area (Å²) in [5.74, 6) is -0.183. The van der Waals surface area contributed by atoms with Crippen molar-refractivity contribution in [3.05, 3.63) is 57.8 Å². The molecule has 1 aromatic heterocycles. The largest absolute Gasteiger partial charge is 0.336 e. The van der Waals surface area contributed by atoms with Gasteiger partial charge in [-0.15, -0.1) is 11.3 Å². The van der Waals surface area contributed by atoms with E-state index in [0.717, 1.165) is 6.42 Å². The fourth-order valence-electron chi connectivity index (χ4n) is 2.86. The van der Waals surface area contributed by atoms with Crippen molar-refractivity contribution in [3.8, 4) is 0 Å². The highest BCUT2D eigenvalue weighted by Crippen LogP contribution is 2.26. The van der Waals surface area contributed by atoms with Gasteiger partial charge in [0.25, 0.3) is 0 Å². The molecular weight excluding hydrogens is 322 g/mol. The number of carbonyl (C=O) groups is 2. The monoisotopic (exact) mass is 343 g/mol. The minimum absolute atomic E-state index is 0.0574. The number of amides is 3. The summed E-state index contributed by atoms with van der Waals surface area (Å²) in [4.78, 5) is 26.4. The van der Waals surface area contributed by atoms with E-state index in [-0.39, 0.29) is 24.5 Å². The third kappa shape index (κ3) is 3.83. The number of imide groups is 1. The Kier molecular flexibility index (Phi) is 5.27. The molecule has 2 heterocycles. The highest BCUT2D eigenvalue weighted by Gasteiger charge is 2.26. The summed E-state index contributed by atoms with van der Waals surface area (Å²) < 4.78 is 0. The van der Waals surface area contributed by atoms with Crippen molar-refractivity contribution in [3.63, 3.8) is 0 Å². The summed E-state index contributed by atoms with van der Waals surface area (Å²) in [6.45, 7) is 3.21. The summed E-state index contributed by atoms with van der Waals surface area (Å²) in [5.41, 5.74) is 2.44. The number of benzene rings is 1. The van der Waals surface area contributed by atoms with Gasteiger partial charge in [-0.05, 0) is 35.9 Å². The molecule has 0 radical (unpaired) electrons. The molecule has 3 amide bonds. The molecule has 126 valence electrons. The highest BCUT2D eigenvalue weighted by atomic mass is 32.1. The van der Waals surface area contributed by atoms with E-state index in [9.17, 15) is 9.59 Å². The van der Waals surface area contributed by atoms with Crippen LogP contribution in [0.5, 0.6) is 0 Å². The van der Waals surface area contributed by atoms with Crippen molar-refractivity contribution in [1.82, 2.24) is 15.5 Å². The van der Waals surface area contributed by atoms with Gasteiger partial charge in [-0.2, -0.15) is 0 Å². The SMILES string of the molecule is Cc1ccsc1[C@@H](Cc1ccccc1)NCC(=O)N1CCNC1=O. The van der Waals surface area contributed by atoms with Gasteiger partial charge in [-0.3, -0.25) is 9.69 Å². The van der Waals surface area contributed by atoms with E-state index < -0.39 is 0 Å². The molecule has 1 aliphatic heterocycles. The van der Waals surface area contributed by atoms with E-state index in [4.69, 9.17) is 0 Å². The van der Waals surface area contributed by atoms with Crippen LogP contribution in [0.3, 0.4) is 0 Å². The van der Waals surface area contributed by atoms with Crippen LogP contribution in [0.4, 0.5) is 4.79 Å². The number of nitrogens with zero attached hydrogens (tertiary/aromatic N) is 1. The normalized spacial score (nSPS) is 15.4. The zero-order valence-corrected chi connectivity index (χ0v) is 14.4. The van der Waals surface area contributed by atoms with E-state index in [1.165, 1.54) is 20.9 Å². The lowest BCUT2D eigenvalue weighted by Gasteiger charge is -2.20. The second kappa shape index (κ2) is 7.59. The van der Waals surface area contributed by atoms with Crippen molar-refractivity contribution in [2.45, 2.75) is 19.4 Å². The van der Waals surface area contributed by atoms with E-state index in [1.54, 1.807) is 11.3 Å². The van der Waals surface area contributed by atoms with Gasteiger partial charge in [0.15, 0.2) is 0 Å². The number of urea groups is 1. The fourth-order valence-corrected chi connectivity index (χ4v) is 3.87. The third-order valence-electron chi connectivity index (χ3n) is 4.16. The third-order valence-corrected chi connectivity index (χ3v) is 5.29. The molecule has 5 nitrogen and oxygen atoms in total. The predicted octanol–water partition coefficient (Wildman–Crippen LogP) is 2.48. The Labute approximate surface area is 145 Å². The highest BCUT2D eigenvalue weighted by molar-refractivity contribution is 7.10. The number of hydrogen-bond donors (Lipinski definition) is 2. The van der Waals surface area contributed by atoms with Gasteiger partial charge >= 0.3 is 6.03 Å². The first-order valence-electron chi connectivity index (χ1n) is 8.04. The van der Waals surface area contributed by atoms with E-state index in [0.29, 0.717) is 13.1 Å². The molecule has 1 aliphatic rings. The molecule has 0 bridgehead atoms. The molecule has 2 aromatic rings. The van der Waals surface area contributed by atoms with Crippen molar-refractivity contribution in [2.24, 2.45) is 0 Å². The van der Waals surface area contributed by atoms with Crippen LogP contribution in [0.1, 0.15) is 22.0 Å². The summed E-state index contributed by atoms with van der Waals surface area (Å²) in [7, 11) is 0. The minimum Gasteiger partial charge on any atom is -0.336 e. The Morgan fingerprint density at radius 2 is 2.12 bits per heavy atom. The van der Waals surface area contributed by atoms with Gasteiger partial charge < -0.3 is 10.6 Å². The van der Waals surface area contributed by atoms with E-state index in [2.05, 4.69) is 41.1 Å². The Hall–Kier alpha value is -2.18. The summed E-state index contributed by atoms with van der Waals surface area (Å²) in [6.07, 6.45) is 0.807. The molecule has 0 spiro atoms. The molecular formula is C18H21N3O2S. The minimum atomic E-state index is -0.297. The lowest BCUT2D eigenvalue weighted by molar-refractivity contribution is -0.126. The molecule has 0 aliphatic carbocycles. The van der Waals surface area contributed by atoms with Gasteiger partial charge in [-0.25, -0.2) is 4.79 Å². The van der Waals surface area contributed by atoms with Crippen LogP contribution >= 0.6 is 11.3 Å². The zero-order chi connectivity index (χ0) is 16.9. The first-order valence-corrected chi connectivity index (χ1v) is 8.92. The number of aryl methyl sites for hydroxylation is 1. The van der Waals surface area contributed by atoms with E-state index in [1.807, 2.05) is 18.2 Å². The maximum absolute atomic E-state index is 12.3. The lowest BCUT2D eigenvalue weighted by atomic mass is 10.0. The van der Waals surface area contributed by atoms with Crippen LogP contribution in [0.25, 0.3) is 0 Å². The number of rotatable bonds is 6. The predicted molar refractivity (Wildman–Crippen MR) is 95.1 cm³/mol. The van der Waals surface area contributed by atoms with Gasteiger partial charge in [0, 0.05) is 24.0 Å². The fraction of sp³-hybridized carbons (Fsp3) is 0.333. The smallest absolute Gasteiger partial charge is 0.324 e. The number of thiophene rings is 1. The maximum atomic E-state index is 12.3. The van der Waals surface area contributed by atoms with Gasteiger partial charge in [-0.1, -0.05) is 30.3 Å². The van der Waals surface area contributed by atoms with Gasteiger partial charge in [0.05, 0.1) is 6.54 Å². The molecule has 1 atom stereocenters. The topological polar surface area (TPSA) is 61.4 Å². The zero-order valence-electron chi connectivity index (χ0n) is 13.6. The lowest BCUT2D eigenvalue weighted by Crippen LogP contribution is -2.41. The van der Waals surface area contributed by atoms with Crippen LogP contribution in [0.15, 0.2) is 41.8 Å². The van der Waals surface area contributed by atoms with E-state index >= 15 is 0 Å². The first-order chi connectivity index (χ1) is 11.6. The van der Waals surface area contributed by atoms with Crippen molar-refractivity contribution < 1.29 is 9.59 Å². The molecule has 24 heavy (non-hydrogen) atoms. The summed E-state index contributed by atoms with van der Waals surface area (Å²) >= 11 is 1.69. The van der Waals surface area contributed by atoms with Crippen molar-refractivity contribution in [1.29, 1.82) is 0 Å². The quantitative estimate of drug-likeness (QED) is 0.847. The Morgan fingerprint density at radius 3 is 2.75 bits per heavy atom. The first kappa shape index (κ1) is 16.7. The Balaban J connectivity index is 1.69. The molecule has 6 heteroatoms. The van der Waals surface area contributed by atoms with Crippen molar-refractivity contribution >= 4 is 23.3 Å². The molecule has 1 saturated heterocycles. The molecule has 2 N–H and O–H groups in total.